The lowest BCUT2D eigenvalue weighted by Gasteiger charge is -2.42. The number of hydrogen-bond acceptors (Lipinski definition) is 2. The molecule has 0 spiro atoms. The SMILES string of the molecule is c1ccc2c(c1)CC1Cc3ccccc3N2c2ccc(C3(c4ccc5c(c4)CC4Cc6ccccc6N5c5ccccc5C4)CCCCC3)cc2C1. The highest BCUT2D eigenvalue weighted by molar-refractivity contribution is 5.85. The molecule has 1 fully saturated rings. The summed E-state index contributed by atoms with van der Waals surface area (Å²) >= 11 is 0. The number of rotatable bonds is 2. The van der Waals surface area contributed by atoms with Gasteiger partial charge in [0.2, 0.25) is 0 Å². The lowest BCUT2D eigenvalue weighted by molar-refractivity contribution is 0.345. The third-order valence-corrected chi connectivity index (χ3v) is 13.4. The average Bonchev–Trinajstić information content (AvgIpc) is 3.15. The van der Waals surface area contributed by atoms with Crippen LogP contribution in [0.2, 0.25) is 0 Å². The molecule has 2 heteroatoms. The maximum Gasteiger partial charge on any atom is 0.0494 e. The molecule has 2 nitrogen and oxygen atoms in total. The van der Waals surface area contributed by atoms with Crippen molar-refractivity contribution < 1.29 is 0 Å². The molecular weight excluding hydrogens is 629 g/mol. The molecule has 4 bridgehead atoms. The van der Waals surface area contributed by atoms with E-state index in [0.717, 1.165) is 38.5 Å². The van der Waals surface area contributed by atoms with Gasteiger partial charge in [-0.25, -0.2) is 0 Å². The van der Waals surface area contributed by atoms with E-state index in [4.69, 9.17) is 0 Å². The first-order valence-corrected chi connectivity index (χ1v) is 19.9. The fourth-order valence-electron chi connectivity index (χ4n) is 11.1. The maximum atomic E-state index is 2.67. The van der Waals surface area contributed by atoms with Crippen molar-refractivity contribution in [2.24, 2.45) is 11.8 Å². The van der Waals surface area contributed by atoms with Gasteiger partial charge in [-0.2, -0.15) is 0 Å². The molecule has 0 atom stereocenters. The van der Waals surface area contributed by atoms with Crippen LogP contribution in [-0.4, -0.2) is 0 Å². The van der Waals surface area contributed by atoms with Crippen molar-refractivity contribution in [2.45, 2.75) is 76.0 Å². The average molecular weight is 675 g/mol. The second-order valence-corrected chi connectivity index (χ2v) is 16.5. The molecule has 52 heavy (non-hydrogen) atoms. The summed E-state index contributed by atoms with van der Waals surface area (Å²) < 4.78 is 0. The predicted octanol–water partition coefficient (Wildman–Crippen LogP) is 12.4. The summed E-state index contributed by atoms with van der Waals surface area (Å²) in [5.41, 5.74) is 20.2. The Kier molecular flexibility index (Phi) is 7.04. The molecule has 6 aromatic carbocycles. The van der Waals surface area contributed by atoms with Gasteiger partial charge in [0.05, 0.1) is 0 Å². The second-order valence-electron chi connectivity index (χ2n) is 16.5. The van der Waals surface area contributed by atoms with Crippen LogP contribution in [-0.2, 0) is 43.9 Å². The molecule has 0 radical (unpaired) electrons. The summed E-state index contributed by atoms with van der Waals surface area (Å²) in [5, 5.41) is 0. The van der Waals surface area contributed by atoms with Crippen LogP contribution < -0.4 is 9.80 Å². The van der Waals surface area contributed by atoms with Crippen LogP contribution in [0, 0.1) is 11.8 Å². The Morgan fingerprint density at radius 2 is 0.673 bits per heavy atom. The monoisotopic (exact) mass is 674 g/mol. The Morgan fingerprint density at radius 1 is 0.346 bits per heavy atom. The molecule has 6 aliphatic heterocycles. The zero-order valence-electron chi connectivity index (χ0n) is 30.0. The Morgan fingerprint density at radius 3 is 1.06 bits per heavy atom. The van der Waals surface area contributed by atoms with Crippen LogP contribution in [0.4, 0.5) is 34.1 Å². The van der Waals surface area contributed by atoms with Crippen molar-refractivity contribution >= 4 is 34.1 Å². The Balaban J connectivity index is 1.07. The van der Waals surface area contributed by atoms with Crippen molar-refractivity contribution in [3.8, 4) is 0 Å². The van der Waals surface area contributed by atoms with Crippen molar-refractivity contribution in [3.05, 3.63) is 178 Å². The Labute approximate surface area is 308 Å². The second kappa shape index (κ2) is 12.0. The minimum absolute atomic E-state index is 0.0353. The molecule has 1 saturated carbocycles. The molecule has 0 amide bonds. The third-order valence-electron chi connectivity index (χ3n) is 13.4. The molecule has 0 N–H and O–H groups in total. The first kappa shape index (κ1) is 30.5. The number of anilines is 6. The first-order valence-electron chi connectivity index (χ1n) is 19.9. The van der Waals surface area contributed by atoms with E-state index in [0.29, 0.717) is 11.8 Å². The van der Waals surface area contributed by atoms with Gasteiger partial charge >= 0.3 is 0 Å². The van der Waals surface area contributed by atoms with Crippen LogP contribution in [0.5, 0.6) is 0 Å². The topological polar surface area (TPSA) is 6.48 Å². The van der Waals surface area contributed by atoms with E-state index >= 15 is 0 Å². The predicted molar refractivity (Wildman–Crippen MR) is 215 cm³/mol. The van der Waals surface area contributed by atoms with Gasteiger partial charge in [0.1, 0.15) is 0 Å². The summed E-state index contributed by atoms with van der Waals surface area (Å²) in [6.45, 7) is 0. The van der Waals surface area contributed by atoms with Crippen LogP contribution >= 0.6 is 0 Å². The van der Waals surface area contributed by atoms with Gasteiger partial charge in [-0.3, -0.25) is 0 Å². The lowest BCUT2D eigenvalue weighted by Crippen LogP contribution is -2.32. The van der Waals surface area contributed by atoms with Gasteiger partial charge in [0.25, 0.3) is 0 Å². The van der Waals surface area contributed by atoms with E-state index in [-0.39, 0.29) is 5.41 Å². The van der Waals surface area contributed by atoms with Gasteiger partial charge < -0.3 is 9.80 Å². The summed E-state index contributed by atoms with van der Waals surface area (Å²) in [6.07, 6.45) is 13.1. The number of nitrogens with zero attached hydrogens (tertiary/aromatic N) is 2. The first-order chi connectivity index (χ1) is 25.7. The fraction of sp³-hybridized carbons (Fsp3) is 0.280. The van der Waals surface area contributed by atoms with Crippen molar-refractivity contribution in [1.29, 1.82) is 0 Å². The minimum Gasteiger partial charge on any atom is -0.310 e. The van der Waals surface area contributed by atoms with Crippen LogP contribution in [0.15, 0.2) is 133 Å². The summed E-state index contributed by atoms with van der Waals surface area (Å²) in [7, 11) is 0. The standard InChI is InChI=1S/C50H46N2/c1-10-24-50(25-11-1,42-20-22-48-40(32-42)30-34-26-36-12-2-6-16-44(36)51(48)45-17-7-3-13-37(45)27-34)43-21-23-49-41(33-43)31-35-28-38-14-4-8-18-46(38)52(49)47-19-9-5-15-39(47)29-35/h2-9,12-23,32-35H,1,10-11,24-31H2. The Hall–Kier alpha value is -5.08. The lowest BCUT2D eigenvalue weighted by atomic mass is 9.64. The van der Waals surface area contributed by atoms with E-state index in [1.54, 1.807) is 0 Å². The number of benzene rings is 6. The highest BCUT2D eigenvalue weighted by Gasteiger charge is 2.39. The van der Waals surface area contributed by atoms with E-state index in [1.165, 1.54) is 111 Å². The van der Waals surface area contributed by atoms with Gasteiger partial charge in [0, 0.05) is 39.5 Å². The van der Waals surface area contributed by atoms with Crippen molar-refractivity contribution in [2.75, 3.05) is 9.80 Å². The van der Waals surface area contributed by atoms with Gasteiger partial charge in [-0.15, -0.1) is 0 Å². The van der Waals surface area contributed by atoms with Crippen molar-refractivity contribution in [1.82, 2.24) is 0 Å². The highest BCUT2D eigenvalue weighted by Crippen LogP contribution is 2.52. The summed E-state index contributed by atoms with van der Waals surface area (Å²) in [6, 6.07) is 52.0. The van der Waals surface area contributed by atoms with Crippen LogP contribution in [0.1, 0.15) is 76.6 Å². The van der Waals surface area contributed by atoms with Crippen molar-refractivity contribution in [3.63, 3.8) is 0 Å². The normalized spacial score (nSPS) is 18.6. The van der Waals surface area contributed by atoms with E-state index in [1.807, 2.05) is 0 Å². The molecule has 6 heterocycles. The molecule has 0 saturated heterocycles. The van der Waals surface area contributed by atoms with Gasteiger partial charge in [0.15, 0.2) is 0 Å². The number of para-hydroxylation sites is 4. The maximum absolute atomic E-state index is 2.67. The quantitative estimate of drug-likeness (QED) is 0.180. The molecule has 7 aliphatic rings. The molecular formula is C50H46N2. The highest BCUT2D eigenvalue weighted by atomic mass is 15.2. The van der Waals surface area contributed by atoms with Crippen LogP contribution in [0.25, 0.3) is 0 Å². The van der Waals surface area contributed by atoms with Gasteiger partial charge in [-0.05, 0) is 144 Å². The Bertz CT molecular complexity index is 2090. The molecule has 1 aliphatic carbocycles. The third kappa shape index (κ3) is 4.76. The molecule has 256 valence electrons. The zero-order chi connectivity index (χ0) is 34.2. The van der Waals surface area contributed by atoms with Gasteiger partial charge in [-0.1, -0.05) is 116 Å². The molecule has 0 unspecified atom stereocenters. The van der Waals surface area contributed by atoms with E-state index in [9.17, 15) is 0 Å². The van der Waals surface area contributed by atoms with E-state index in [2.05, 4.69) is 143 Å². The van der Waals surface area contributed by atoms with Crippen LogP contribution in [0.3, 0.4) is 0 Å². The van der Waals surface area contributed by atoms with E-state index < -0.39 is 0 Å². The summed E-state index contributed by atoms with van der Waals surface area (Å²) in [5.74, 6) is 1.16. The smallest absolute Gasteiger partial charge is 0.0494 e. The largest absolute Gasteiger partial charge is 0.310 e. The molecule has 0 aromatic heterocycles. The molecule has 13 rings (SSSR count). The zero-order valence-corrected chi connectivity index (χ0v) is 30.0. The number of hydrogen-bond donors (Lipinski definition) is 0. The summed E-state index contributed by atoms with van der Waals surface area (Å²) in [4.78, 5) is 5.20. The fourth-order valence-corrected chi connectivity index (χ4v) is 11.1. The minimum atomic E-state index is 0.0353. The molecule has 6 aromatic rings.